The van der Waals surface area contributed by atoms with Crippen LogP contribution >= 0.6 is 0 Å². The molecule has 0 saturated heterocycles. The van der Waals surface area contributed by atoms with Gasteiger partial charge >= 0.3 is 0 Å². The molecule has 0 aliphatic carbocycles. The zero-order chi connectivity index (χ0) is 24.6. The molecule has 0 unspecified atom stereocenters. The Balaban J connectivity index is 1.67. The van der Waals surface area contributed by atoms with E-state index in [1.807, 2.05) is 43.3 Å². The van der Waals surface area contributed by atoms with Crippen LogP contribution in [0.4, 0.5) is 15.9 Å². The monoisotopic (exact) mass is 465 g/mol. The third-order valence-corrected chi connectivity index (χ3v) is 5.69. The second-order valence-electron chi connectivity index (χ2n) is 8.01. The average molecular weight is 466 g/mol. The number of nitriles is 1. The van der Waals surface area contributed by atoms with Gasteiger partial charge in [0.05, 0.1) is 29.6 Å². The molecule has 0 spiro atoms. The van der Waals surface area contributed by atoms with Gasteiger partial charge in [0.15, 0.2) is 5.82 Å². The molecular weight excluding hydrogens is 441 g/mol. The summed E-state index contributed by atoms with van der Waals surface area (Å²) in [4.78, 5) is 22.8. The summed E-state index contributed by atoms with van der Waals surface area (Å²) < 4.78 is 13.6. The second kappa shape index (κ2) is 11.0. The predicted octanol–water partition coefficient (Wildman–Crippen LogP) is 5.28. The standard InChI is InChI=1S/C28H24FN5O/c1-20-23(8-5-14-31-20)18-34(19-35)27-12-11-26(25-10-3-2-7-22(25)17-30)33-28(27)32-15-13-21-6-4-9-24(29)16-21/h2-12,14,16,19H,13,15,18H2,1H3,(H,32,33). The van der Waals surface area contributed by atoms with Gasteiger partial charge in [0.2, 0.25) is 6.41 Å². The summed E-state index contributed by atoms with van der Waals surface area (Å²) in [6.45, 7) is 2.71. The summed E-state index contributed by atoms with van der Waals surface area (Å²) in [5, 5.41) is 12.8. The first-order valence-corrected chi connectivity index (χ1v) is 11.2. The van der Waals surface area contributed by atoms with Crippen molar-refractivity contribution in [3.63, 3.8) is 0 Å². The lowest BCUT2D eigenvalue weighted by atomic mass is 10.0. The number of halogens is 1. The number of pyridine rings is 2. The van der Waals surface area contributed by atoms with Crippen LogP contribution in [0.25, 0.3) is 11.3 Å². The maximum Gasteiger partial charge on any atom is 0.214 e. The molecule has 2 aromatic carbocycles. The van der Waals surface area contributed by atoms with E-state index in [0.717, 1.165) is 23.2 Å². The van der Waals surface area contributed by atoms with Crippen LogP contribution < -0.4 is 10.2 Å². The molecule has 174 valence electrons. The van der Waals surface area contributed by atoms with E-state index in [1.54, 1.807) is 35.4 Å². The molecule has 1 N–H and O–H groups in total. The van der Waals surface area contributed by atoms with Crippen LogP contribution in [0.3, 0.4) is 0 Å². The molecule has 0 fully saturated rings. The molecule has 4 rings (SSSR count). The summed E-state index contributed by atoms with van der Waals surface area (Å²) in [5.74, 6) is 0.218. The van der Waals surface area contributed by atoms with Gasteiger partial charge < -0.3 is 10.2 Å². The molecule has 7 heteroatoms. The van der Waals surface area contributed by atoms with Gasteiger partial charge in [0.1, 0.15) is 5.82 Å². The van der Waals surface area contributed by atoms with Crippen molar-refractivity contribution in [3.8, 4) is 17.3 Å². The third-order valence-electron chi connectivity index (χ3n) is 5.69. The maximum absolute atomic E-state index is 13.6. The number of aryl methyl sites for hydroxylation is 1. The van der Waals surface area contributed by atoms with Crippen molar-refractivity contribution in [2.24, 2.45) is 0 Å². The van der Waals surface area contributed by atoms with Gasteiger partial charge in [0.25, 0.3) is 0 Å². The summed E-state index contributed by atoms with van der Waals surface area (Å²) >= 11 is 0. The summed E-state index contributed by atoms with van der Waals surface area (Å²) in [6.07, 6.45) is 3.05. The number of anilines is 2. The number of nitrogens with zero attached hydrogens (tertiary/aromatic N) is 4. The summed E-state index contributed by atoms with van der Waals surface area (Å²) in [6, 6.07) is 23.3. The fourth-order valence-electron chi connectivity index (χ4n) is 3.83. The molecule has 6 nitrogen and oxygen atoms in total. The molecule has 0 radical (unpaired) electrons. The minimum Gasteiger partial charge on any atom is -0.368 e. The highest BCUT2D eigenvalue weighted by molar-refractivity contribution is 5.83. The highest BCUT2D eigenvalue weighted by Gasteiger charge is 2.16. The van der Waals surface area contributed by atoms with Crippen molar-refractivity contribution in [2.45, 2.75) is 19.9 Å². The summed E-state index contributed by atoms with van der Waals surface area (Å²) in [7, 11) is 0. The average Bonchev–Trinajstić information content (AvgIpc) is 2.88. The molecule has 2 aromatic heterocycles. The van der Waals surface area contributed by atoms with Gasteiger partial charge in [-0.3, -0.25) is 9.78 Å². The van der Waals surface area contributed by atoms with Crippen molar-refractivity contribution in [1.29, 1.82) is 5.26 Å². The molecular formula is C28H24FN5O. The quantitative estimate of drug-likeness (QED) is 0.340. The first-order valence-electron chi connectivity index (χ1n) is 11.2. The highest BCUT2D eigenvalue weighted by Crippen LogP contribution is 2.30. The lowest BCUT2D eigenvalue weighted by molar-refractivity contribution is -0.107. The van der Waals surface area contributed by atoms with Crippen LogP contribution in [-0.2, 0) is 17.8 Å². The number of carbonyl (C=O) groups is 1. The van der Waals surface area contributed by atoms with Crippen LogP contribution in [0.1, 0.15) is 22.4 Å². The Bertz CT molecular complexity index is 1380. The Kier molecular flexibility index (Phi) is 7.44. The van der Waals surface area contributed by atoms with E-state index in [-0.39, 0.29) is 5.82 Å². The lowest BCUT2D eigenvalue weighted by Gasteiger charge is -2.22. The molecule has 0 atom stereocenters. The second-order valence-corrected chi connectivity index (χ2v) is 8.01. The van der Waals surface area contributed by atoms with E-state index in [1.165, 1.54) is 12.1 Å². The Morgan fingerprint density at radius 1 is 1.09 bits per heavy atom. The van der Waals surface area contributed by atoms with Crippen LogP contribution in [-0.4, -0.2) is 22.9 Å². The zero-order valence-electron chi connectivity index (χ0n) is 19.3. The Morgan fingerprint density at radius 2 is 1.94 bits per heavy atom. The first-order chi connectivity index (χ1) is 17.1. The Labute approximate surface area is 203 Å². The van der Waals surface area contributed by atoms with E-state index in [2.05, 4.69) is 16.4 Å². The SMILES string of the molecule is Cc1ncccc1CN(C=O)c1ccc(-c2ccccc2C#N)nc1NCCc1cccc(F)c1. The smallest absolute Gasteiger partial charge is 0.214 e. The number of carbonyl (C=O) groups excluding carboxylic acids is 1. The third kappa shape index (κ3) is 5.68. The molecule has 0 saturated carbocycles. The summed E-state index contributed by atoms with van der Waals surface area (Å²) in [5.41, 5.74) is 5.04. The molecule has 35 heavy (non-hydrogen) atoms. The van der Waals surface area contributed by atoms with Crippen molar-refractivity contribution >= 4 is 17.9 Å². The van der Waals surface area contributed by atoms with E-state index in [4.69, 9.17) is 4.98 Å². The van der Waals surface area contributed by atoms with E-state index in [9.17, 15) is 14.4 Å². The van der Waals surface area contributed by atoms with Crippen LogP contribution in [0.15, 0.2) is 79.0 Å². The molecule has 0 bridgehead atoms. The van der Waals surface area contributed by atoms with Gasteiger partial charge in [-0.25, -0.2) is 9.37 Å². The van der Waals surface area contributed by atoms with Crippen molar-refractivity contribution in [3.05, 3.63) is 107 Å². The van der Waals surface area contributed by atoms with Crippen LogP contribution in [0, 0.1) is 24.1 Å². The Morgan fingerprint density at radius 3 is 2.71 bits per heavy atom. The fraction of sp³-hybridized carbons (Fsp3) is 0.143. The lowest BCUT2D eigenvalue weighted by Crippen LogP contribution is -2.23. The van der Waals surface area contributed by atoms with Gasteiger partial charge in [-0.2, -0.15) is 5.26 Å². The number of hydrogen-bond donors (Lipinski definition) is 1. The highest BCUT2D eigenvalue weighted by atomic mass is 19.1. The van der Waals surface area contributed by atoms with Gasteiger partial charge in [-0.05, 0) is 60.9 Å². The molecule has 4 aromatic rings. The number of aromatic nitrogens is 2. The first kappa shape index (κ1) is 23.6. The van der Waals surface area contributed by atoms with Gasteiger partial charge in [-0.15, -0.1) is 0 Å². The number of hydrogen-bond acceptors (Lipinski definition) is 5. The van der Waals surface area contributed by atoms with Crippen molar-refractivity contribution in [2.75, 3.05) is 16.8 Å². The number of nitrogens with one attached hydrogen (secondary N) is 1. The topological polar surface area (TPSA) is 81.9 Å². The largest absolute Gasteiger partial charge is 0.368 e. The van der Waals surface area contributed by atoms with Crippen molar-refractivity contribution in [1.82, 2.24) is 9.97 Å². The fourth-order valence-corrected chi connectivity index (χ4v) is 3.83. The van der Waals surface area contributed by atoms with Gasteiger partial charge in [0, 0.05) is 24.0 Å². The molecule has 0 aliphatic rings. The predicted molar refractivity (Wildman–Crippen MR) is 134 cm³/mol. The minimum atomic E-state index is -0.282. The van der Waals surface area contributed by atoms with Crippen LogP contribution in [0.2, 0.25) is 0 Å². The van der Waals surface area contributed by atoms with Gasteiger partial charge in [-0.1, -0.05) is 36.4 Å². The minimum absolute atomic E-state index is 0.282. The number of amides is 1. The van der Waals surface area contributed by atoms with E-state index in [0.29, 0.717) is 47.8 Å². The molecule has 0 aliphatic heterocycles. The Hall–Kier alpha value is -4.57. The van der Waals surface area contributed by atoms with Crippen LogP contribution in [0.5, 0.6) is 0 Å². The zero-order valence-corrected chi connectivity index (χ0v) is 19.3. The number of benzene rings is 2. The molecule has 2 heterocycles. The van der Waals surface area contributed by atoms with Crippen molar-refractivity contribution < 1.29 is 9.18 Å². The number of rotatable bonds is 9. The maximum atomic E-state index is 13.6. The van der Waals surface area contributed by atoms with E-state index >= 15 is 0 Å². The molecule has 1 amide bonds. The van der Waals surface area contributed by atoms with E-state index < -0.39 is 0 Å². The normalized spacial score (nSPS) is 10.4.